The first-order valence-electron chi connectivity index (χ1n) is 7.44. The van der Waals surface area contributed by atoms with Crippen molar-refractivity contribution in [2.45, 2.75) is 37.8 Å². The molecule has 10 heteroatoms. The van der Waals surface area contributed by atoms with Crippen molar-refractivity contribution in [1.82, 2.24) is 10.2 Å². The summed E-state index contributed by atoms with van der Waals surface area (Å²) in [6.07, 6.45) is 1.98. The van der Waals surface area contributed by atoms with Crippen molar-refractivity contribution in [2.75, 3.05) is 19.6 Å². The maximum Gasteiger partial charge on any atom is 0.326 e. The van der Waals surface area contributed by atoms with Crippen molar-refractivity contribution in [2.24, 2.45) is 22.2 Å². The Labute approximate surface area is 134 Å². The van der Waals surface area contributed by atoms with E-state index in [-0.39, 0.29) is 12.5 Å². The van der Waals surface area contributed by atoms with Crippen LogP contribution in [-0.2, 0) is 14.4 Å². The highest BCUT2D eigenvalue weighted by Gasteiger charge is 2.33. The fraction of sp³-hybridized carbons (Fsp3) is 0.692. The first-order valence-corrected chi connectivity index (χ1v) is 7.44. The van der Waals surface area contributed by atoms with Gasteiger partial charge in [0.05, 0.1) is 12.6 Å². The van der Waals surface area contributed by atoms with Crippen LogP contribution < -0.4 is 22.5 Å². The summed E-state index contributed by atoms with van der Waals surface area (Å²) in [6, 6.07) is -1.58. The van der Waals surface area contributed by atoms with E-state index in [2.05, 4.69) is 10.3 Å². The second kappa shape index (κ2) is 8.93. The summed E-state index contributed by atoms with van der Waals surface area (Å²) < 4.78 is 0. The molecule has 2 amide bonds. The minimum absolute atomic E-state index is 0.0211. The van der Waals surface area contributed by atoms with Crippen LogP contribution in [0.25, 0.3) is 0 Å². The van der Waals surface area contributed by atoms with Gasteiger partial charge in [-0.15, -0.1) is 0 Å². The number of carboxylic acids is 1. The van der Waals surface area contributed by atoms with Gasteiger partial charge in [0.1, 0.15) is 6.04 Å². The molecule has 1 aliphatic heterocycles. The minimum Gasteiger partial charge on any atom is -0.480 e. The lowest BCUT2D eigenvalue weighted by Gasteiger charge is -2.22. The molecule has 0 saturated carbocycles. The number of carbonyl (C=O) groups excluding carboxylic acids is 2. The van der Waals surface area contributed by atoms with E-state index in [0.717, 1.165) is 0 Å². The Bertz CT molecular complexity index is 477. The third kappa shape index (κ3) is 6.10. The summed E-state index contributed by atoms with van der Waals surface area (Å²) in [4.78, 5) is 39.9. The topological polar surface area (TPSA) is 177 Å². The second-order valence-corrected chi connectivity index (χ2v) is 5.36. The lowest BCUT2D eigenvalue weighted by Crippen LogP contribution is -2.48. The predicted molar refractivity (Wildman–Crippen MR) is 83.3 cm³/mol. The predicted octanol–water partition coefficient (Wildman–Crippen LogP) is -2.44. The molecule has 2 atom stereocenters. The van der Waals surface area contributed by atoms with E-state index >= 15 is 0 Å². The molecule has 1 saturated heterocycles. The fourth-order valence-electron chi connectivity index (χ4n) is 2.37. The first-order chi connectivity index (χ1) is 10.8. The largest absolute Gasteiger partial charge is 0.480 e. The van der Waals surface area contributed by atoms with Crippen LogP contribution in [0.2, 0.25) is 0 Å². The number of nitrogens with one attached hydrogen (secondary N) is 1. The Morgan fingerprint density at radius 1 is 1.35 bits per heavy atom. The number of carboxylic acid groups (broad SMARTS) is 1. The molecule has 0 spiro atoms. The molecule has 23 heavy (non-hydrogen) atoms. The lowest BCUT2D eigenvalue weighted by molar-refractivity contribution is -0.148. The van der Waals surface area contributed by atoms with Crippen molar-refractivity contribution >= 4 is 23.7 Å². The fourth-order valence-corrected chi connectivity index (χ4v) is 2.37. The second-order valence-electron chi connectivity index (χ2n) is 5.36. The Morgan fingerprint density at radius 2 is 2.04 bits per heavy atom. The van der Waals surface area contributed by atoms with Crippen LogP contribution >= 0.6 is 0 Å². The molecule has 10 nitrogen and oxygen atoms in total. The zero-order chi connectivity index (χ0) is 17.4. The van der Waals surface area contributed by atoms with Crippen LogP contribution in [0.15, 0.2) is 4.99 Å². The standard InChI is InChI=1S/C13H24N6O4/c14-8(3-1-5-17-13(15)16)11(21)18-7-10(20)19-6-2-4-9(19)12(22)23/h8-9H,1-7,14H2,(H,18,21)(H,22,23)(H4,15,16,17). The van der Waals surface area contributed by atoms with Crippen LogP contribution in [0.3, 0.4) is 0 Å². The number of amides is 2. The molecule has 2 unspecified atom stereocenters. The Kier molecular flexibility index (Phi) is 7.26. The molecule has 1 heterocycles. The smallest absolute Gasteiger partial charge is 0.326 e. The number of hydrogen-bond donors (Lipinski definition) is 5. The van der Waals surface area contributed by atoms with Gasteiger partial charge in [0, 0.05) is 13.1 Å². The number of nitrogens with zero attached hydrogens (tertiary/aromatic N) is 2. The van der Waals surface area contributed by atoms with Crippen LogP contribution in [0, 0.1) is 0 Å². The number of carbonyl (C=O) groups is 3. The van der Waals surface area contributed by atoms with Crippen molar-refractivity contribution in [1.29, 1.82) is 0 Å². The van der Waals surface area contributed by atoms with Gasteiger partial charge in [-0.05, 0) is 25.7 Å². The summed E-state index contributed by atoms with van der Waals surface area (Å²) in [6.45, 7) is 0.497. The number of nitrogens with two attached hydrogens (primary N) is 3. The third-order valence-electron chi connectivity index (χ3n) is 3.58. The van der Waals surface area contributed by atoms with Crippen molar-refractivity contribution in [3.8, 4) is 0 Å². The zero-order valence-electron chi connectivity index (χ0n) is 12.9. The summed E-state index contributed by atoms with van der Waals surface area (Å²) in [5, 5.41) is 11.5. The van der Waals surface area contributed by atoms with E-state index in [1.807, 2.05) is 0 Å². The zero-order valence-corrected chi connectivity index (χ0v) is 12.9. The van der Waals surface area contributed by atoms with E-state index < -0.39 is 29.9 Å². The highest BCUT2D eigenvalue weighted by atomic mass is 16.4. The summed E-state index contributed by atoms with van der Waals surface area (Å²) in [5.41, 5.74) is 16.1. The van der Waals surface area contributed by atoms with E-state index in [1.54, 1.807) is 0 Å². The maximum absolute atomic E-state index is 12.0. The highest BCUT2D eigenvalue weighted by molar-refractivity contribution is 5.89. The van der Waals surface area contributed by atoms with Gasteiger partial charge in [0.2, 0.25) is 11.8 Å². The molecule has 0 bridgehead atoms. The SMILES string of the molecule is NC(N)=NCCCC(N)C(=O)NCC(=O)N1CCCC1C(=O)O. The molecule has 0 radical (unpaired) electrons. The normalized spacial score (nSPS) is 18.3. The summed E-state index contributed by atoms with van der Waals surface area (Å²) in [7, 11) is 0. The summed E-state index contributed by atoms with van der Waals surface area (Å²) >= 11 is 0. The number of hydrogen-bond acceptors (Lipinski definition) is 5. The van der Waals surface area contributed by atoms with Crippen molar-refractivity contribution in [3.63, 3.8) is 0 Å². The molecule has 1 rings (SSSR count). The molecular formula is C13H24N6O4. The van der Waals surface area contributed by atoms with Crippen LogP contribution in [-0.4, -0.2) is 65.5 Å². The van der Waals surface area contributed by atoms with Crippen LogP contribution in [0.1, 0.15) is 25.7 Å². The van der Waals surface area contributed by atoms with E-state index in [9.17, 15) is 14.4 Å². The average molecular weight is 328 g/mol. The maximum atomic E-state index is 12.0. The molecule has 1 fully saturated rings. The average Bonchev–Trinajstić information content (AvgIpc) is 2.98. The molecule has 130 valence electrons. The molecular weight excluding hydrogens is 304 g/mol. The molecule has 0 aromatic carbocycles. The summed E-state index contributed by atoms with van der Waals surface area (Å²) in [5.74, 6) is -1.93. The van der Waals surface area contributed by atoms with Gasteiger partial charge in [0.25, 0.3) is 0 Å². The number of likely N-dealkylation sites (tertiary alicyclic amines) is 1. The highest BCUT2D eigenvalue weighted by Crippen LogP contribution is 2.17. The first kappa shape index (κ1) is 18.7. The number of aliphatic carboxylic acids is 1. The minimum atomic E-state index is -1.03. The van der Waals surface area contributed by atoms with Gasteiger partial charge in [-0.2, -0.15) is 0 Å². The van der Waals surface area contributed by atoms with Gasteiger partial charge in [-0.3, -0.25) is 14.6 Å². The van der Waals surface area contributed by atoms with E-state index in [4.69, 9.17) is 22.3 Å². The number of aliphatic imine (C=N–C) groups is 1. The quantitative estimate of drug-likeness (QED) is 0.186. The number of guanidine groups is 1. The molecule has 0 aliphatic carbocycles. The van der Waals surface area contributed by atoms with Crippen molar-refractivity contribution < 1.29 is 19.5 Å². The van der Waals surface area contributed by atoms with Crippen LogP contribution in [0.5, 0.6) is 0 Å². The van der Waals surface area contributed by atoms with Gasteiger partial charge in [0.15, 0.2) is 5.96 Å². The number of rotatable bonds is 8. The molecule has 8 N–H and O–H groups in total. The molecule has 0 aromatic rings. The lowest BCUT2D eigenvalue weighted by atomic mass is 10.1. The van der Waals surface area contributed by atoms with Crippen LogP contribution in [0.4, 0.5) is 0 Å². The Hall–Kier alpha value is -2.36. The van der Waals surface area contributed by atoms with Gasteiger partial charge < -0.3 is 32.5 Å². The Balaban J connectivity index is 2.33. The van der Waals surface area contributed by atoms with Gasteiger partial charge >= 0.3 is 5.97 Å². The molecule has 1 aliphatic rings. The van der Waals surface area contributed by atoms with Gasteiger partial charge in [-0.1, -0.05) is 0 Å². The molecule has 0 aromatic heterocycles. The van der Waals surface area contributed by atoms with Crippen molar-refractivity contribution in [3.05, 3.63) is 0 Å². The monoisotopic (exact) mass is 328 g/mol. The van der Waals surface area contributed by atoms with E-state index in [1.165, 1.54) is 4.90 Å². The van der Waals surface area contributed by atoms with E-state index in [0.29, 0.717) is 38.8 Å². The Morgan fingerprint density at radius 3 is 2.65 bits per heavy atom. The third-order valence-corrected chi connectivity index (χ3v) is 3.58. The van der Waals surface area contributed by atoms with Gasteiger partial charge in [-0.25, -0.2) is 4.79 Å².